The summed E-state index contributed by atoms with van der Waals surface area (Å²) in [5.41, 5.74) is 1.19. The molecule has 0 radical (unpaired) electrons. The van der Waals surface area contributed by atoms with Crippen molar-refractivity contribution < 1.29 is 4.74 Å². The summed E-state index contributed by atoms with van der Waals surface area (Å²) in [6.45, 7) is 1.69. The second-order valence-corrected chi connectivity index (χ2v) is 3.79. The van der Waals surface area contributed by atoms with Crippen LogP contribution in [0.2, 0.25) is 0 Å². The van der Waals surface area contributed by atoms with Gasteiger partial charge in [-0.2, -0.15) is 0 Å². The summed E-state index contributed by atoms with van der Waals surface area (Å²) in [4.78, 5) is 4.23. The van der Waals surface area contributed by atoms with E-state index in [4.69, 9.17) is 4.74 Å². The van der Waals surface area contributed by atoms with Crippen molar-refractivity contribution in [3.63, 3.8) is 0 Å². The molecule has 1 aliphatic rings. The molecule has 0 amide bonds. The van der Waals surface area contributed by atoms with Gasteiger partial charge in [0.25, 0.3) is 0 Å². The fraction of sp³-hybridized carbons (Fsp3) is 0.545. The van der Waals surface area contributed by atoms with Crippen LogP contribution in [-0.2, 0) is 6.54 Å². The van der Waals surface area contributed by atoms with E-state index in [0.29, 0.717) is 0 Å². The van der Waals surface area contributed by atoms with Gasteiger partial charge < -0.3 is 10.1 Å². The Labute approximate surface area is 84.5 Å². The first-order chi connectivity index (χ1) is 6.88. The Morgan fingerprint density at radius 2 is 2.36 bits per heavy atom. The zero-order valence-corrected chi connectivity index (χ0v) is 8.49. The molecule has 2 rings (SSSR count). The molecule has 0 atom stereocenters. The molecule has 1 aliphatic carbocycles. The minimum absolute atomic E-state index is 0.747. The van der Waals surface area contributed by atoms with Gasteiger partial charge in [0, 0.05) is 18.8 Å². The first kappa shape index (κ1) is 9.46. The number of aromatic nitrogens is 1. The highest BCUT2D eigenvalue weighted by Gasteiger charge is 2.21. The number of nitrogens with one attached hydrogen (secondary N) is 1. The summed E-state index contributed by atoms with van der Waals surface area (Å²) in [5.74, 6) is 1.53. The van der Waals surface area contributed by atoms with Crippen LogP contribution in [0.1, 0.15) is 18.4 Å². The van der Waals surface area contributed by atoms with Crippen LogP contribution in [-0.4, -0.2) is 18.6 Å². The SMILES string of the molecule is CNCc1ccc(OCC2CC2)nc1. The molecular weight excluding hydrogens is 176 g/mol. The zero-order valence-electron chi connectivity index (χ0n) is 8.49. The second kappa shape index (κ2) is 4.42. The molecule has 1 fully saturated rings. The quantitative estimate of drug-likeness (QED) is 0.769. The van der Waals surface area contributed by atoms with Gasteiger partial charge in [-0.15, -0.1) is 0 Å². The number of rotatable bonds is 5. The van der Waals surface area contributed by atoms with Gasteiger partial charge in [-0.25, -0.2) is 4.98 Å². The molecule has 3 heteroatoms. The van der Waals surface area contributed by atoms with Crippen LogP contribution in [0.3, 0.4) is 0 Å². The first-order valence-electron chi connectivity index (χ1n) is 5.11. The lowest BCUT2D eigenvalue weighted by Gasteiger charge is -2.04. The smallest absolute Gasteiger partial charge is 0.213 e. The van der Waals surface area contributed by atoms with Crippen molar-refractivity contribution in [1.29, 1.82) is 0 Å². The molecule has 0 aromatic carbocycles. The van der Waals surface area contributed by atoms with Crippen LogP contribution in [0.5, 0.6) is 5.88 Å². The van der Waals surface area contributed by atoms with Gasteiger partial charge in [0.2, 0.25) is 5.88 Å². The van der Waals surface area contributed by atoms with Crippen LogP contribution in [0, 0.1) is 5.92 Å². The lowest BCUT2D eigenvalue weighted by atomic mass is 10.3. The molecule has 1 N–H and O–H groups in total. The van der Waals surface area contributed by atoms with Gasteiger partial charge in [0.15, 0.2) is 0 Å². The monoisotopic (exact) mass is 192 g/mol. The normalized spacial score (nSPS) is 15.5. The zero-order chi connectivity index (χ0) is 9.80. The van der Waals surface area contributed by atoms with E-state index in [9.17, 15) is 0 Å². The third kappa shape index (κ3) is 2.70. The Bertz CT molecular complexity index is 280. The number of hydrogen-bond acceptors (Lipinski definition) is 3. The highest BCUT2D eigenvalue weighted by atomic mass is 16.5. The van der Waals surface area contributed by atoms with E-state index in [0.717, 1.165) is 24.9 Å². The van der Waals surface area contributed by atoms with Crippen LogP contribution in [0.25, 0.3) is 0 Å². The average molecular weight is 192 g/mol. The van der Waals surface area contributed by atoms with Crippen molar-refractivity contribution in [3.05, 3.63) is 23.9 Å². The van der Waals surface area contributed by atoms with E-state index >= 15 is 0 Å². The molecule has 0 saturated heterocycles. The Hall–Kier alpha value is -1.09. The highest BCUT2D eigenvalue weighted by molar-refractivity contribution is 5.17. The molecule has 0 unspecified atom stereocenters. The molecule has 0 bridgehead atoms. The summed E-state index contributed by atoms with van der Waals surface area (Å²) in [5, 5.41) is 3.08. The number of nitrogens with zero attached hydrogens (tertiary/aromatic N) is 1. The fourth-order valence-electron chi connectivity index (χ4n) is 1.29. The topological polar surface area (TPSA) is 34.1 Å². The molecule has 0 spiro atoms. The first-order valence-corrected chi connectivity index (χ1v) is 5.11. The summed E-state index contributed by atoms with van der Waals surface area (Å²) in [7, 11) is 1.93. The average Bonchev–Trinajstić information content (AvgIpc) is 3.01. The second-order valence-electron chi connectivity index (χ2n) is 3.79. The fourth-order valence-corrected chi connectivity index (χ4v) is 1.29. The van der Waals surface area contributed by atoms with Gasteiger partial charge in [0.05, 0.1) is 6.61 Å². The third-order valence-electron chi connectivity index (χ3n) is 2.34. The number of hydrogen-bond donors (Lipinski definition) is 1. The lowest BCUT2D eigenvalue weighted by Crippen LogP contribution is -2.06. The number of ether oxygens (including phenoxy) is 1. The summed E-state index contributed by atoms with van der Waals surface area (Å²) in [6.07, 6.45) is 4.49. The largest absolute Gasteiger partial charge is 0.477 e. The standard InChI is InChI=1S/C11H16N2O/c1-12-6-10-4-5-11(13-7-10)14-8-9-2-3-9/h4-5,7,9,12H,2-3,6,8H2,1H3. The minimum atomic E-state index is 0.747. The summed E-state index contributed by atoms with van der Waals surface area (Å²) < 4.78 is 5.53. The Balaban J connectivity index is 1.84. The van der Waals surface area contributed by atoms with E-state index in [2.05, 4.69) is 10.3 Å². The predicted octanol–water partition coefficient (Wildman–Crippen LogP) is 1.59. The van der Waals surface area contributed by atoms with E-state index in [1.165, 1.54) is 18.4 Å². The molecule has 76 valence electrons. The predicted molar refractivity (Wildman–Crippen MR) is 55.2 cm³/mol. The van der Waals surface area contributed by atoms with Gasteiger partial charge in [0.1, 0.15) is 0 Å². The lowest BCUT2D eigenvalue weighted by molar-refractivity contribution is 0.288. The van der Waals surface area contributed by atoms with Crippen LogP contribution < -0.4 is 10.1 Å². The maximum absolute atomic E-state index is 5.53. The molecule has 1 heterocycles. The van der Waals surface area contributed by atoms with Gasteiger partial charge in [-0.3, -0.25) is 0 Å². The van der Waals surface area contributed by atoms with Crippen LogP contribution >= 0.6 is 0 Å². The van der Waals surface area contributed by atoms with Crippen LogP contribution in [0.4, 0.5) is 0 Å². The molecule has 1 aromatic heterocycles. The molecule has 14 heavy (non-hydrogen) atoms. The van der Waals surface area contributed by atoms with Crippen molar-refractivity contribution in [3.8, 4) is 5.88 Å². The summed E-state index contributed by atoms with van der Waals surface area (Å²) >= 11 is 0. The van der Waals surface area contributed by atoms with Gasteiger partial charge >= 0.3 is 0 Å². The van der Waals surface area contributed by atoms with Crippen molar-refractivity contribution in [2.45, 2.75) is 19.4 Å². The minimum Gasteiger partial charge on any atom is -0.477 e. The molecule has 1 aromatic rings. The Morgan fingerprint density at radius 1 is 1.50 bits per heavy atom. The van der Waals surface area contributed by atoms with Crippen molar-refractivity contribution in [2.75, 3.05) is 13.7 Å². The molecule has 1 saturated carbocycles. The molecular formula is C11H16N2O. The van der Waals surface area contributed by atoms with Crippen molar-refractivity contribution >= 4 is 0 Å². The van der Waals surface area contributed by atoms with E-state index in [1.54, 1.807) is 0 Å². The maximum Gasteiger partial charge on any atom is 0.213 e. The van der Waals surface area contributed by atoms with Crippen LogP contribution in [0.15, 0.2) is 18.3 Å². The Kier molecular flexibility index (Phi) is 2.99. The third-order valence-corrected chi connectivity index (χ3v) is 2.34. The molecule has 0 aliphatic heterocycles. The van der Waals surface area contributed by atoms with Crippen molar-refractivity contribution in [2.24, 2.45) is 5.92 Å². The van der Waals surface area contributed by atoms with E-state index in [1.807, 2.05) is 25.4 Å². The van der Waals surface area contributed by atoms with E-state index < -0.39 is 0 Å². The van der Waals surface area contributed by atoms with Gasteiger partial charge in [-0.05, 0) is 31.4 Å². The highest BCUT2D eigenvalue weighted by Crippen LogP contribution is 2.29. The van der Waals surface area contributed by atoms with Gasteiger partial charge in [-0.1, -0.05) is 6.07 Å². The summed E-state index contributed by atoms with van der Waals surface area (Å²) in [6, 6.07) is 3.99. The van der Waals surface area contributed by atoms with E-state index in [-0.39, 0.29) is 0 Å². The number of pyridine rings is 1. The Morgan fingerprint density at radius 3 is 2.93 bits per heavy atom. The van der Waals surface area contributed by atoms with Crippen molar-refractivity contribution in [1.82, 2.24) is 10.3 Å². The molecule has 3 nitrogen and oxygen atoms in total. The maximum atomic E-state index is 5.53.